The lowest BCUT2D eigenvalue weighted by molar-refractivity contribution is 0.895. The van der Waals surface area contributed by atoms with Crippen molar-refractivity contribution in [1.29, 1.82) is 0 Å². The van der Waals surface area contributed by atoms with Crippen molar-refractivity contribution in [3.05, 3.63) is 34.4 Å². The summed E-state index contributed by atoms with van der Waals surface area (Å²) in [5.41, 5.74) is 11.8. The molecule has 13 heavy (non-hydrogen) atoms. The normalized spacial score (nSPS) is 14.6. The molecule has 1 aliphatic rings. The van der Waals surface area contributed by atoms with Crippen LogP contribution in [0.5, 0.6) is 0 Å². The molecule has 1 aromatic carbocycles. The van der Waals surface area contributed by atoms with Gasteiger partial charge in [-0.1, -0.05) is 12.1 Å². The Labute approximate surface area is 80.0 Å². The lowest BCUT2D eigenvalue weighted by Crippen LogP contribution is -2.05. The van der Waals surface area contributed by atoms with E-state index in [1.165, 1.54) is 30.4 Å². The molecule has 1 aliphatic carbocycles. The summed E-state index contributed by atoms with van der Waals surface area (Å²) in [7, 11) is 0. The quantitative estimate of drug-likeness (QED) is 0.731. The number of rotatable bonds is 2. The van der Waals surface area contributed by atoms with Gasteiger partial charge in [-0.05, 0) is 61.4 Å². The minimum atomic E-state index is 0.773. The molecule has 0 fully saturated rings. The highest BCUT2D eigenvalue weighted by molar-refractivity contribution is 5.43. The van der Waals surface area contributed by atoms with E-state index in [0.717, 1.165) is 13.0 Å². The summed E-state index contributed by atoms with van der Waals surface area (Å²) >= 11 is 0. The molecule has 0 saturated heterocycles. The van der Waals surface area contributed by atoms with Crippen LogP contribution in [0.2, 0.25) is 0 Å². The van der Waals surface area contributed by atoms with Crippen LogP contribution in [0.1, 0.15) is 28.7 Å². The van der Waals surface area contributed by atoms with Crippen LogP contribution in [0.15, 0.2) is 12.1 Å². The fraction of sp³-hybridized carbons (Fsp3) is 0.500. The molecule has 0 aliphatic heterocycles. The molecule has 0 heterocycles. The average Bonchev–Trinajstić information content (AvgIpc) is 2.59. The van der Waals surface area contributed by atoms with Crippen LogP contribution in [0.3, 0.4) is 0 Å². The number of hydrogen-bond acceptors (Lipinski definition) is 1. The van der Waals surface area contributed by atoms with Crippen molar-refractivity contribution in [2.75, 3.05) is 6.54 Å². The van der Waals surface area contributed by atoms with Gasteiger partial charge in [-0.3, -0.25) is 0 Å². The second kappa shape index (κ2) is 3.51. The molecule has 0 amide bonds. The molecular weight excluding hydrogens is 158 g/mol. The van der Waals surface area contributed by atoms with Crippen LogP contribution in [0, 0.1) is 6.92 Å². The van der Waals surface area contributed by atoms with Gasteiger partial charge in [0.2, 0.25) is 0 Å². The fourth-order valence-corrected chi connectivity index (χ4v) is 2.35. The van der Waals surface area contributed by atoms with Crippen LogP contribution in [0.4, 0.5) is 0 Å². The molecule has 0 radical (unpaired) electrons. The maximum absolute atomic E-state index is 5.59. The Kier molecular flexibility index (Phi) is 2.36. The van der Waals surface area contributed by atoms with Gasteiger partial charge in [0, 0.05) is 0 Å². The first-order chi connectivity index (χ1) is 6.33. The predicted octanol–water partition coefficient (Wildman–Crippen LogP) is 1.98. The number of nitrogens with two attached hydrogens (primary N) is 1. The van der Waals surface area contributed by atoms with Gasteiger partial charge in [0.05, 0.1) is 0 Å². The van der Waals surface area contributed by atoms with Crippen LogP contribution >= 0.6 is 0 Å². The Hall–Kier alpha value is -0.820. The lowest BCUT2D eigenvalue weighted by Gasteiger charge is -2.09. The third-order valence-electron chi connectivity index (χ3n) is 3.03. The zero-order chi connectivity index (χ0) is 9.26. The van der Waals surface area contributed by atoms with Crippen molar-refractivity contribution in [3.8, 4) is 0 Å². The minimum Gasteiger partial charge on any atom is -0.330 e. The van der Waals surface area contributed by atoms with E-state index < -0.39 is 0 Å². The van der Waals surface area contributed by atoms with Gasteiger partial charge in [0.15, 0.2) is 0 Å². The van der Waals surface area contributed by atoms with Crippen molar-refractivity contribution in [3.63, 3.8) is 0 Å². The monoisotopic (exact) mass is 175 g/mol. The summed E-state index contributed by atoms with van der Waals surface area (Å²) in [4.78, 5) is 0. The molecule has 70 valence electrons. The first kappa shape index (κ1) is 8.76. The molecule has 1 nitrogen and oxygen atoms in total. The second-order valence-corrected chi connectivity index (χ2v) is 3.89. The molecule has 2 N–H and O–H groups in total. The summed E-state index contributed by atoms with van der Waals surface area (Å²) in [5, 5.41) is 0. The summed E-state index contributed by atoms with van der Waals surface area (Å²) in [6.07, 6.45) is 4.92. The summed E-state index contributed by atoms with van der Waals surface area (Å²) < 4.78 is 0. The third kappa shape index (κ3) is 1.49. The fourth-order valence-electron chi connectivity index (χ4n) is 2.35. The SMILES string of the molecule is Cc1ccc(CCN)c2c1CCC2. The molecule has 0 bridgehead atoms. The molecule has 0 unspecified atom stereocenters. The molecule has 0 aromatic heterocycles. The zero-order valence-corrected chi connectivity index (χ0v) is 8.27. The standard InChI is InChI=1S/C12H17N/c1-9-5-6-10(7-8-13)12-4-2-3-11(9)12/h5-6H,2-4,7-8,13H2,1H3. The Bertz CT molecular complexity index is 315. The van der Waals surface area contributed by atoms with Crippen molar-refractivity contribution < 1.29 is 0 Å². The second-order valence-electron chi connectivity index (χ2n) is 3.89. The van der Waals surface area contributed by atoms with E-state index in [9.17, 15) is 0 Å². The third-order valence-corrected chi connectivity index (χ3v) is 3.03. The highest BCUT2D eigenvalue weighted by Gasteiger charge is 2.15. The summed E-state index contributed by atoms with van der Waals surface area (Å²) in [6, 6.07) is 4.50. The van der Waals surface area contributed by atoms with Gasteiger partial charge in [-0.25, -0.2) is 0 Å². The molecule has 0 spiro atoms. The Balaban J connectivity index is 2.43. The molecule has 2 rings (SSSR count). The Morgan fingerprint density at radius 3 is 2.77 bits per heavy atom. The van der Waals surface area contributed by atoms with E-state index in [0.29, 0.717) is 0 Å². The smallest absolute Gasteiger partial charge is 0.00366 e. The summed E-state index contributed by atoms with van der Waals surface area (Å²) in [6.45, 7) is 2.99. The first-order valence-electron chi connectivity index (χ1n) is 5.13. The number of fused-ring (bicyclic) bond motifs is 1. The maximum atomic E-state index is 5.59. The van der Waals surface area contributed by atoms with Crippen LogP contribution < -0.4 is 5.73 Å². The van der Waals surface area contributed by atoms with E-state index in [1.54, 1.807) is 11.1 Å². The molecule has 0 saturated carbocycles. The van der Waals surface area contributed by atoms with Crippen molar-refractivity contribution in [2.45, 2.75) is 32.6 Å². The van der Waals surface area contributed by atoms with Crippen molar-refractivity contribution in [2.24, 2.45) is 5.73 Å². The van der Waals surface area contributed by atoms with Gasteiger partial charge in [-0.2, -0.15) is 0 Å². The van der Waals surface area contributed by atoms with Gasteiger partial charge in [0.25, 0.3) is 0 Å². The van der Waals surface area contributed by atoms with E-state index in [4.69, 9.17) is 5.73 Å². The van der Waals surface area contributed by atoms with Crippen LogP contribution in [0.25, 0.3) is 0 Å². The highest BCUT2D eigenvalue weighted by atomic mass is 14.5. The Morgan fingerprint density at radius 2 is 2.00 bits per heavy atom. The maximum Gasteiger partial charge on any atom is -0.00366 e. The van der Waals surface area contributed by atoms with Gasteiger partial charge in [0.1, 0.15) is 0 Å². The van der Waals surface area contributed by atoms with E-state index in [2.05, 4.69) is 19.1 Å². The Morgan fingerprint density at radius 1 is 1.23 bits per heavy atom. The predicted molar refractivity (Wildman–Crippen MR) is 56.0 cm³/mol. The highest BCUT2D eigenvalue weighted by Crippen LogP contribution is 2.28. The largest absolute Gasteiger partial charge is 0.330 e. The average molecular weight is 175 g/mol. The van der Waals surface area contributed by atoms with E-state index in [-0.39, 0.29) is 0 Å². The molecular formula is C12H17N. The number of hydrogen-bond donors (Lipinski definition) is 1. The van der Waals surface area contributed by atoms with Crippen LogP contribution in [-0.2, 0) is 19.3 Å². The van der Waals surface area contributed by atoms with Crippen LogP contribution in [-0.4, -0.2) is 6.54 Å². The zero-order valence-electron chi connectivity index (χ0n) is 8.27. The van der Waals surface area contributed by atoms with E-state index in [1.807, 2.05) is 0 Å². The van der Waals surface area contributed by atoms with Gasteiger partial charge in [-0.15, -0.1) is 0 Å². The number of benzene rings is 1. The van der Waals surface area contributed by atoms with E-state index >= 15 is 0 Å². The topological polar surface area (TPSA) is 26.0 Å². The lowest BCUT2D eigenvalue weighted by atomic mass is 9.97. The molecule has 1 aromatic rings. The first-order valence-corrected chi connectivity index (χ1v) is 5.13. The molecule has 0 atom stereocenters. The number of aryl methyl sites for hydroxylation is 1. The molecule has 1 heteroatoms. The van der Waals surface area contributed by atoms with Crippen molar-refractivity contribution in [1.82, 2.24) is 0 Å². The summed E-state index contributed by atoms with van der Waals surface area (Å²) in [5.74, 6) is 0. The van der Waals surface area contributed by atoms with Gasteiger partial charge < -0.3 is 5.73 Å². The van der Waals surface area contributed by atoms with Gasteiger partial charge >= 0.3 is 0 Å². The van der Waals surface area contributed by atoms with Crippen molar-refractivity contribution >= 4 is 0 Å². The minimum absolute atomic E-state index is 0.773.